The summed E-state index contributed by atoms with van der Waals surface area (Å²) in [6.07, 6.45) is 2.56. The average molecular weight is 297 g/mol. The molecule has 0 radical (unpaired) electrons. The van der Waals surface area contributed by atoms with E-state index >= 15 is 0 Å². The molecule has 1 aliphatic rings. The van der Waals surface area contributed by atoms with Crippen LogP contribution in [0, 0.1) is 12.8 Å². The molecule has 1 N–H and O–H groups in total. The highest BCUT2D eigenvalue weighted by Crippen LogP contribution is 2.23. The van der Waals surface area contributed by atoms with E-state index < -0.39 is 9.84 Å². The van der Waals surface area contributed by atoms with Crippen molar-refractivity contribution in [3.8, 4) is 0 Å². The van der Waals surface area contributed by atoms with E-state index in [0.29, 0.717) is 31.7 Å². The second-order valence-corrected chi connectivity index (χ2v) is 7.14. The highest BCUT2D eigenvalue weighted by atomic mass is 32.2. The third-order valence-corrected chi connectivity index (χ3v) is 4.60. The average Bonchev–Trinajstić information content (AvgIpc) is 2.41. The summed E-state index contributed by atoms with van der Waals surface area (Å²) in [7, 11) is -3.27. The number of carbonyl (C=O) groups excluding carboxylic acids is 1. The zero-order valence-corrected chi connectivity index (χ0v) is 12.5. The van der Waals surface area contributed by atoms with Gasteiger partial charge in [-0.1, -0.05) is 6.07 Å². The van der Waals surface area contributed by atoms with E-state index in [-0.39, 0.29) is 16.7 Å². The number of rotatable bonds is 3. The lowest BCUT2D eigenvalue weighted by Crippen LogP contribution is -2.28. The van der Waals surface area contributed by atoms with Crippen LogP contribution in [0.4, 0.5) is 5.69 Å². The van der Waals surface area contributed by atoms with Crippen LogP contribution in [0.3, 0.4) is 0 Å². The van der Waals surface area contributed by atoms with Crippen LogP contribution in [0.1, 0.15) is 18.4 Å². The molecule has 1 aromatic rings. The molecule has 0 unspecified atom stereocenters. The van der Waals surface area contributed by atoms with E-state index in [1.807, 2.05) is 6.92 Å². The van der Waals surface area contributed by atoms with Crippen molar-refractivity contribution >= 4 is 21.4 Å². The molecule has 20 heavy (non-hydrogen) atoms. The summed E-state index contributed by atoms with van der Waals surface area (Å²) < 4.78 is 28.3. The van der Waals surface area contributed by atoms with E-state index in [2.05, 4.69) is 5.32 Å². The lowest BCUT2D eigenvalue weighted by molar-refractivity contribution is -0.122. The Morgan fingerprint density at radius 3 is 2.55 bits per heavy atom. The normalized spacial score (nSPS) is 16.9. The van der Waals surface area contributed by atoms with Gasteiger partial charge in [-0.2, -0.15) is 0 Å². The summed E-state index contributed by atoms with van der Waals surface area (Å²) in [5.74, 6) is -0.132. The number of ether oxygens (including phenoxy) is 1. The fourth-order valence-electron chi connectivity index (χ4n) is 2.16. The van der Waals surface area contributed by atoms with Gasteiger partial charge in [-0.25, -0.2) is 8.42 Å². The van der Waals surface area contributed by atoms with Crippen molar-refractivity contribution in [1.82, 2.24) is 0 Å². The van der Waals surface area contributed by atoms with Crippen LogP contribution in [0.2, 0.25) is 0 Å². The molecular weight excluding hydrogens is 278 g/mol. The number of benzene rings is 1. The number of amides is 1. The van der Waals surface area contributed by atoms with Crippen molar-refractivity contribution < 1.29 is 17.9 Å². The van der Waals surface area contributed by atoms with Crippen molar-refractivity contribution in [2.75, 3.05) is 24.8 Å². The number of hydrogen-bond acceptors (Lipinski definition) is 4. The van der Waals surface area contributed by atoms with Gasteiger partial charge in [-0.3, -0.25) is 4.79 Å². The SMILES string of the molecule is Cc1ccc(S(C)(=O)=O)cc1NC(=O)C1CCOCC1. The van der Waals surface area contributed by atoms with Crippen molar-refractivity contribution in [1.29, 1.82) is 0 Å². The van der Waals surface area contributed by atoms with Crippen LogP contribution in [-0.2, 0) is 19.4 Å². The summed E-state index contributed by atoms with van der Waals surface area (Å²) in [6, 6.07) is 4.77. The van der Waals surface area contributed by atoms with Gasteiger partial charge in [0.1, 0.15) is 0 Å². The number of hydrogen-bond donors (Lipinski definition) is 1. The molecule has 5 nitrogen and oxygen atoms in total. The lowest BCUT2D eigenvalue weighted by atomic mass is 9.99. The van der Waals surface area contributed by atoms with E-state index in [1.165, 1.54) is 6.07 Å². The second kappa shape index (κ2) is 5.93. The molecule has 2 rings (SSSR count). The van der Waals surface area contributed by atoms with Crippen molar-refractivity contribution in [3.05, 3.63) is 23.8 Å². The van der Waals surface area contributed by atoms with Crippen LogP contribution in [-0.4, -0.2) is 33.8 Å². The van der Waals surface area contributed by atoms with E-state index in [9.17, 15) is 13.2 Å². The first-order valence-electron chi connectivity index (χ1n) is 6.57. The Hall–Kier alpha value is -1.40. The third-order valence-electron chi connectivity index (χ3n) is 3.49. The largest absolute Gasteiger partial charge is 0.381 e. The zero-order chi connectivity index (χ0) is 14.8. The second-order valence-electron chi connectivity index (χ2n) is 5.12. The molecule has 1 aromatic carbocycles. The van der Waals surface area contributed by atoms with Crippen LogP contribution in [0.5, 0.6) is 0 Å². The predicted molar refractivity (Wildman–Crippen MR) is 76.5 cm³/mol. The number of anilines is 1. The summed E-state index contributed by atoms with van der Waals surface area (Å²) in [6.45, 7) is 3.03. The van der Waals surface area contributed by atoms with E-state index in [1.54, 1.807) is 12.1 Å². The summed E-state index contributed by atoms with van der Waals surface area (Å²) in [5, 5.41) is 2.83. The molecule has 0 bridgehead atoms. The quantitative estimate of drug-likeness (QED) is 0.922. The first kappa shape index (κ1) is 15.0. The Kier molecular flexibility index (Phi) is 4.45. The minimum atomic E-state index is -3.27. The van der Waals surface area contributed by atoms with Crippen LogP contribution in [0.15, 0.2) is 23.1 Å². The third kappa shape index (κ3) is 3.58. The van der Waals surface area contributed by atoms with Crippen LogP contribution >= 0.6 is 0 Å². The number of nitrogens with one attached hydrogen (secondary N) is 1. The monoisotopic (exact) mass is 297 g/mol. The van der Waals surface area contributed by atoms with Crippen LogP contribution < -0.4 is 5.32 Å². The van der Waals surface area contributed by atoms with Gasteiger partial charge in [-0.05, 0) is 37.5 Å². The maximum Gasteiger partial charge on any atom is 0.227 e. The molecule has 1 amide bonds. The highest BCUT2D eigenvalue weighted by molar-refractivity contribution is 7.90. The van der Waals surface area contributed by atoms with Gasteiger partial charge in [0.2, 0.25) is 5.91 Å². The van der Waals surface area contributed by atoms with Gasteiger partial charge < -0.3 is 10.1 Å². The Balaban J connectivity index is 2.18. The maximum atomic E-state index is 12.2. The van der Waals surface area contributed by atoms with E-state index in [4.69, 9.17) is 4.74 Å². The molecule has 1 heterocycles. The molecule has 6 heteroatoms. The van der Waals surface area contributed by atoms with Gasteiger partial charge in [0.05, 0.1) is 4.90 Å². The van der Waals surface area contributed by atoms with Gasteiger partial charge >= 0.3 is 0 Å². The summed E-state index contributed by atoms with van der Waals surface area (Å²) in [4.78, 5) is 12.4. The minimum absolute atomic E-state index is 0.0648. The maximum absolute atomic E-state index is 12.2. The number of sulfone groups is 1. The molecule has 1 aliphatic heterocycles. The standard InChI is InChI=1S/C14H19NO4S/c1-10-3-4-12(20(2,17)18)9-13(10)15-14(16)11-5-7-19-8-6-11/h3-4,9,11H,5-8H2,1-2H3,(H,15,16). The lowest BCUT2D eigenvalue weighted by Gasteiger charge is -2.21. The fraction of sp³-hybridized carbons (Fsp3) is 0.500. The van der Waals surface area contributed by atoms with Gasteiger partial charge in [0.15, 0.2) is 9.84 Å². The molecule has 0 saturated carbocycles. The predicted octanol–water partition coefficient (Wildman–Crippen LogP) is 1.76. The number of carbonyl (C=O) groups is 1. The molecular formula is C14H19NO4S. The van der Waals surface area contributed by atoms with Gasteiger partial charge in [0, 0.05) is 31.1 Å². The Morgan fingerprint density at radius 1 is 1.30 bits per heavy atom. The van der Waals surface area contributed by atoms with E-state index in [0.717, 1.165) is 11.8 Å². The summed E-state index contributed by atoms with van der Waals surface area (Å²) in [5.41, 5.74) is 1.40. The smallest absolute Gasteiger partial charge is 0.227 e. The molecule has 0 aromatic heterocycles. The topological polar surface area (TPSA) is 72.5 Å². The molecule has 0 aliphatic carbocycles. The molecule has 0 spiro atoms. The number of aryl methyl sites for hydroxylation is 1. The van der Waals surface area contributed by atoms with Gasteiger partial charge in [0.25, 0.3) is 0 Å². The minimum Gasteiger partial charge on any atom is -0.381 e. The van der Waals surface area contributed by atoms with Crippen LogP contribution in [0.25, 0.3) is 0 Å². The molecule has 0 atom stereocenters. The van der Waals surface area contributed by atoms with Crippen molar-refractivity contribution in [2.24, 2.45) is 5.92 Å². The Morgan fingerprint density at radius 2 is 1.95 bits per heavy atom. The van der Waals surface area contributed by atoms with Crippen molar-refractivity contribution in [3.63, 3.8) is 0 Å². The van der Waals surface area contributed by atoms with Crippen molar-refractivity contribution in [2.45, 2.75) is 24.7 Å². The Bertz CT molecular complexity index is 604. The first-order valence-corrected chi connectivity index (χ1v) is 8.46. The fourth-order valence-corrected chi connectivity index (χ4v) is 2.81. The Labute approximate surface area is 119 Å². The molecule has 1 saturated heterocycles. The van der Waals surface area contributed by atoms with Gasteiger partial charge in [-0.15, -0.1) is 0 Å². The highest BCUT2D eigenvalue weighted by Gasteiger charge is 2.22. The summed E-state index contributed by atoms with van der Waals surface area (Å²) >= 11 is 0. The molecule has 110 valence electrons. The zero-order valence-electron chi connectivity index (χ0n) is 11.7. The first-order chi connectivity index (χ1) is 9.38. The molecule has 1 fully saturated rings.